The van der Waals surface area contributed by atoms with Crippen LogP contribution in [0.5, 0.6) is 0 Å². The fraction of sp³-hybridized carbons (Fsp3) is 0.867. The first-order valence-electron chi connectivity index (χ1n) is 7.50. The molecular weight excluding hydrogens is 307 g/mol. The second-order valence-electron chi connectivity index (χ2n) is 7.48. The van der Waals surface area contributed by atoms with E-state index in [0.29, 0.717) is 6.42 Å². The van der Waals surface area contributed by atoms with Crippen molar-refractivity contribution in [3.8, 4) is 0 Å². The van der Waals surface area contributed by atoms with Crippen LogP contribution in [-0.2, 0) is 18.7 Å². The third-order valence-corrected chi connectivity index (χ3v) is 3.94. The lowest BCUT2D eigenvalue weighted by Gasteiger charge is -2.24. The van der Waals surface area contributed by atoms with Crippen molar-refractivity contribution in [3.05, 3.63) is 0 Å². The van der Waals surface area contributed by atoms with Gasteiger partial charge < -0.3 is 9.79 Å². The zero-order chi connectivity index (χ0) is 17.6. The van der Waals surface area contributed by atoms with Gasteiger partial charge in [0.2, 0.25) is 0 Å². The Morgan fingerprint density at radius 3 is 1.64 bits per heavy atom. The van der Waals surface area contributed by atoms with Gasteiger partial charge in [-0.05, 0) is 32.1 Å². The lowest BCUT2D eigenvalue weighted by atomic mass is 9.89. The quantitative estimate of drug-likeness (QED) is 0.593. The Hall–Kier alpha value is -0.550. The lowest BCUT2D eigenvalue weighted by molar-refractivity contribution is -0.125. The van der Waals surface area contributed by atoms with E-state index in [4.69, 9.17) is 9.79 Å². The second kappa shape index (κ2) is 8.34. The number of hydrogen-bond donors (Lipinski definition) is 2. The fourth-order valence-electron chi connectivity index (χ4n) is 1.85. The highest BCUT2D eigenvalue weighted by atomic mass is 31.2. The van der Waals surface area contributed by atoms with Crippen LogP contribution < -0.4 is 0 Å². The van der Waals surface area contributed by atoms with Crippen LogP contribution in [-0.4, -0.2) is 27.0 Å². The molecule has 0 bridgehead atoms. The highest BCUT2D eigenvalue weighted by Gasteiger charge is 2.29. The molecule has 22 heavy (non-hydrogen) atoms. The maximum Gasteiger partial charge on any atom is 0.470 e. The van der Waals surface area contributed by atoms with Gasteiger partial charge in [0.25, 0.3) is 0 Å². The van der Waals surface area contributed by atoms with Crippen molar-refractivity contribution < 1.29 is 28.5 Å². The maximum atomic E-state index is 11.8. The first kappa shape index (κ1) is 21.4. The standard InChI is InChI=1S/C15H29O6P/c1-14(2,3)10-8-12(16)6-7-13(17)9-11-15(4,5)21-22(18,19)20/h6-11H2,1-5H3,(H2,18,19,20). The smallest absolute Gasteiger partial charge is 0.303 e. The average Bonchev–Trinajstić information content (AvgIpc) is 2.27. The molecule has 0 rings (SSSR count). The van der Waals surface area contributed by atoms with Gasteiger partial charge in [-0.25, -0.2) is 4.57 Å². The normalized spacial score (nSPS) is 13.2. The zero-order valence-electron chi connectivity index (χ0n) is 14.2. The maximum absolute atomic E-state index is 11.8. The van der Waals surface area contributed by atoms with Gasteiger partial charge in [0.1, 0.15) is 11.6 Å². The molecule has 0 aromatic carbocycles. The minimum atomic E-state index is -4.57. The van der Waals surface area contributed by atoms with E-state index in [1.807, 2.05) is 0 Å². The van der Waals surface area contributed by atoms with Gasteiger partial charge in [0.05, 0.1) is 5.60 Å². The van der Waals surface area contributed by atoms with Crippen molar-refractivity contribution in [2.75, 3.05) is 0 Å². The molecule has 0 saturated carbocycles. The van der Waals surface area contributed by atoms with Gasteiger partial charge >= 0.3 is 7.82 Å². The lowest BCUT2D eigenvalue weighted by Crippen LogP contribution is -2.24. The summed E-state index contributed by atoms with van der Waals surface area (Å²) < 4.78 is 15.4. The molecule has 0 aliphatic heterocycles. The van der Waals surface area contributed by atoms with E-state index >= 15 is 0 Å². The van der Waals surface area contributed by atoms with E-state index in [9.17, 15) is 14.2 Å². The predicted octanol–water partition coefficient (Wildman–Crippen LogP) is 3.40. The van der Waals surface area contributed by atoms with E-state index in [1.54, 1.807) is 0 Å². The predicted molar refractivity (Wildman–Crippen MR) is 84.4 cm³/mol. The Morgan fingerprint density at radius 1 is 0.864 bits per heavy atom. The zero-order valence-corrected chi connectivity index (χ0v) is 15.1. The van der Waals surface area contributed by atoms with Gasteiger partial charge in [0, 0.05) is 25.7 Å². The number of phosphoric ester groups is 1. The Labute approximate surface area is 132 Å². The summed E-state index contributed by atoms with van der Waals surface area (Å²) >= 11 is 0. The van der Waals surface area contributed by atoms with Gasteiger partial charge in [-0.3, -0.25) is 14.1 Å². The van der Waals surface area contributed by atoms with Gasteiger partial charge in [0.15, 0.2) is 0 Å². The third kappa shape index (κ3) is 13.1. The summed E-state index contributed by atoms with van der Waals surface area (Å²) in [6, 6.07) is 0. The molecule has 0 aliphatic carbocycles. The van der Waals surface area contributed by atoms with Crippen molar-refractivity contribution in [2.45, 2.75) is 78.7 Å². The van der Waals surface area contributed by atoms with E-state index in [0.717, 1.165) is 6.42 Å². The molecule has 7 heteroatoms. The molecule has 2 N–H and O–H groups in total. The van der Waals surface area contributed by atoms with Crippen LogP contribution in [0, 0.1) is 5.41 Å². The molecule has 0 aromatic rings. The Balaban J connectivity index is 4.05. The SMILES string of the molecule is CC(C)(C)CCC(=O)CCC(=O)CCC(C)(C)OP(=O)(O)O. The minimum Gasteiger partial charge on any atom is -0.303 e. The van der Waals surface area contributed by atoms with E-state index in [1.165, 1.54) is 13.8 Å². The molecule has 6 nitrogen and oxygen atoms in total. The molecule has 0 atom stereocenters. The number of carbonyl (C=O) groups is 2. The summed E-state index contributed by atoms with van der Waals surface area (Å²) in [6.07, 6.45) is 2.02. The van der Waals surface area contributed by atoms with Crippen LogP contribution >= 0.6 is 7.82 Å². The van der Waals surface area contributed by atoms with Crippen LogP contribution in [0.25, 0.3) is 0 Å². The molecule has 130 valence electrons. The number of rotatable bonds is 10. The number of hydrogen-bond acceptors (Lipinski definition) is 4. The third-order valence-electron chi connectivity index (χ3n) is 3.21. The number of Topliss-reactive ketones (excluding diaryl/α,β-unsaturated/α-hetero) is 2. The molecule has 0 amide bonds. The molecule has 0 aromatic heterocycles. The van der Waals surface area contributed by atoms with E-state index < -0.39 is 13.4 Å². The Bertz CT molecular complexity index is 430. The highest BCUT2D eigenvalue weighted by Crippen LogP contribution is 2.42. The highest BCUT2D eigenvalue weighted by molar-refractivity contribution is 7.46. The summed E-state index contributed by atoms with van der Waals surface area (Å²) in [6.45, 7) is 9.24. The molecule has 0 aliphatic rings. The number of ketones is 2. The topological polar surface area (TPSA) is 101 Å². The summed E-state index contributed by atoms with van der Waals surface area (Å²) in [4.78, 5) is 41.0. The molecule has 0 saturated heterocycles. The Kier molecular flexibility index (Phi) is 8.14. The van der Waals surface area contributed by atoms with E-state index in [2.05, 4.69) is 25.3 Å². The monoisotopic (exact) mass is 336 g/mol. The van der Waals surface area contributed by atoms with Crippen LogP contribution in [0.1, 0.15) is 73.1 Å². The summed E-state index contributed by atoms with van der Waals surface area (Å²) in [7, 11) is -4.57. The van der Waals surface area contributed by atoms with Crippen LogP contribution in [0.15, 0.2) is 0 Å². The van der Waals surface area contributed by atoms with Crippen LogP contribution in [0.4, 0.5) is 0 Å². The summed E-state index contributed by atoms with van der Waals surface area (Å²) in [5, 5.41) is 0. The number of carbonyl (C=O) groups excluding carboxylic acids is 2. The Morgan fingerprint density at radius 2 is 1.27 bits per heavy atom. The first-order chi connectivity index (χ1) is 9.70. The fourth-order valence-corrected chi connectivity index (χ4v) is 2.59. The van der Waals surface area contributed by atoms with Gasteiger partial charge in [-0.2, -0.15) is 0 Å². The molecule has 0 heterocycles. The molecular formula is C15H29O6P. The molecule has 0 fully saturated rings. The van der Waals surface area contributed by atoms with Crippen LogP contribution in [0.2, 0.25) is 0 Å². The van der Waals surface area contributed by atoms with E-state index in [-0.39, 0.29) is 42.7 Å². The van der Waals surface area contributed by atoms with Gasteiger partial charge in [-0.1, -0.05) is 20.8 Å². The van der Waals surface area contributed by atoms with Crippen molar-refractivity contribution in [2.24, 2.45) is 5.41 Å². The minimum absolute atomic E-state index is 0.0778. The van der Waals surface area contributed by atoms with Crippen molar-refractivity contribution in [3.63, 3.8) is 0 Å². The molecule has 0 unspecified atom stereocenters. The van der Waals surface area contributed by atoms with Crippen LogP contribution in [0.3, 0.4) is 0 Å². The van der Waals surface area contributed by atoms with Gasteiger partial charge in [-0.15, -0.1) is 0 Å². The average molecular weight is 336 g/mol. The van der Waals surface area contributed by atoms with Crippen molar-refractivity contribution >= 4 is 19.4 Å². The molecule has 0 radical (unpaired) electrons. The summed E-state index contributed by atoms with van der Waals surface area (Å²) in [5.74, 6) is -0.0134. The summed E-state index contributed by atoms with van der Waals surface area (Å²) in [5.41, 5.74) is -0.978. The first-order valence-corrected chi connectivity index (χ1v) is 9.03. The van der Waals surface area contributed by atoms with Crippen molar-refractivity contribution in [1.82, 2.24) is 0 Å². The number of phosphoric acid groups is 1. The largest absolute Gasteiger partial charge is 0.470 e. The second-order valence-corrected chi connectivity index (χ2v) is 8.64. The molecule has 0 spiro atoms. The van der Waals surface area contributed by atoms with Crippen molar-refractivity contribution in [1.29, 1.82) is 0 Å².